The lowest BCUT2D eigenvalue weighted by molar-refractivity contribution is -0.133. The second kappa shape index (κ2) is 7.79. The van der Waals surface area contributed by atoms with Crippen LogP contribution in [0, 0.1) is 5.92 Å². The predicted octanol–water partition coefficient (Wildman–Crippen LogP) is 2.44. The van der Waals surface area contributed by atoms with E-state index in [2.05, 4.69) is 17.1 Å². The van der Waals surface area contributed by atoms with E-state index in [1.165, 1.54) is 0 Å². The fraction of sp³-hybridized carbons (Fsp3) is 0.619. The molecule has 0 bridgehead atoms. The molecule has 4 rings (SSSR count). The number of piperidine rings is 1. The van der Waals surface area contributed by atoms with Crippen molar-refractivity contribution in [3.63, 3.8) is 0 Å². The molecule has 0 N–H and O–H groups in total. The lowest BCUT2D eigenvalue weighted by Gasteiger charge is -2.33. The minimum atomic E-state index is 0.100. The zero-order valence-electron chi connectivity index (χ0n) is 16.1. The molecule has 144 valence electrons. The van der Waals surface area contributed by atoms with Gasteiger partial charge in [0.05, 0.1) is 5.69 Å². The summed E-state index contributed by atoms with van der Waals surface area (Å²) in [5.41, 5.74) is 2.12. The molecule has 27 heavy (non-hydrogen) atoms. The number of allylic oxidation sites excluding steroid dienone is 2. The lowest BCUT2D eigenvalue weighted by Crippen LogP contribution is -2.40. The zero-order valence-corrected chi connectivity index (χ0v) is 16.1. The summed E-state index contributed by atoms with van der Waals surface area (Å²) in [5, 5.41) is 0. The number of hydrogen-bond acceptors (Lipinski definition) is 4. The number of rotatable bonds is 3. The zero-order chi connectivity index (χ0) is 18.8. The van der Waals surface area contributed by atoms with Crippen molar-refractivity contribution in [1.82, 2.24) is 19.8 Å². The lowest BCUT2D eigenvalue weighted by atomic mass is 9.95. The van der Waals surface area contributed by atoms with Crippen LogP contribution in [0.25, 0.3) is 0 Å². The summed E-state index contributed by atoms with van der Waals surface area (Å²) in [6.07, 6.45) is 11.9. The van der Waals surface area contributed by atoms with Gasteiger partial charge in [0.1, 0.15) is 5.82 Å². The fourth-order valence-electron chi connectivity index (χ4n) is 4.43. The second-order valence-electron chi connectivity index (χ2n) is 8.04. The van der Waals surface area contributed by atoms with Crippen molar-refractivity contribution < 1.29 is 9.59 Å². The number of carbonyl (C=O) groups excluding carboxylic acids is 2. The molecule has 3 heterocycles. The van der Waals surface area contributed by atoms with Gasteiger partial charge < -0.3 is 9.80 Å². The van der Waals surface area contributed by atoms with E-state index in [-0.39, 0.29) is 17.7 Å². The molecule has 1 fully saturated rings. The summed E-state index contributed by atoms with van der Waals surface area (Å²) in [4.78, 5) is 37.6. The summed E-state index contributed by atoms with van der Waals surface area (Å²) < 4.78 is 0. The van der Waals surface area contributed by atoms with Gasteiger partial charge in [-0.05, 0) is 31.6 Å². The van der Waals surface area contributed by atoms with Crippen molar-refractivity contribution in [3.8, 4) is 0 Å². The fourth-order valence-corrected chi connectivity index (χ4v) is 4.43. The number of carbonyl (C=O) groups is 2. The highest BCUT2D eigenvalue weighted by Gasteiger charge is 2.29. The van der Waals surface area contributed by atoms with E-state index in [0.29, 0.717) is 18.9 Å². The molecule has 2 amide bonds. The summed E-state index contributed by atoms with van der Waals surface area (Å²) in [6.45, 7) is 4.52. The van der Waals surface area contributed by atoms with Crippen molar-refractivity contribution in [2.75, 3.05) is 19.6 Å². The van der Waals surface area contributed by atoms with Gasteiger partial charge in [0, 0.05) is 63.6 Å². The summed E-state index contributed by atoms with van der Waals surface area (Å²) in [6, 6.07) is 0. The Balaban J connectivity index is 1.42. The average Bonchev–Trinajstić information content (AvgIpc) is 3.20. The number of hydrogen-bond donors (Lipinski definition) is 0. The molecule has 2 atom stereocenters. The van der Waals surface area contributed by atoms with Crippen molar-refractivity contribution in [2.45, 2.75) is 57.9 Å². The Morgan fingerprint density at radius 3 is 2.89 bits per heavy atom. The quantitative estimate of drug-likeness (QED) is 0.769. The molecular weight excluding hydrogens is 340 g/mol. The largest absolute Gasteiger partial charge is 0.342 e. The molecule has 0 spiro atoms. The van der Waals surface area contributed by atoms with Crippen molar-refractivity contribution >= 4 is 11.8 Å². The van der Waals surface area contributed by atoms with E-state index in [4.69, 9.17) is 4.98 Å². The normalized spacial score (nSPS) is 24.8. The molecule has 1 aromatic rings. The van der Waals surface area contributed by atoms with E-state index >= 15 is 0 Å². The van der Waals surface area contributed by atoms with Crippen LogP contribution in [0.15, 0.2) is 18.3 Å². The van der Waals surface area contributed by atoms with E-state index in [1.807, 2.05) is 16.0 Å². The third-order valence-corrected chi connectivity index (χ3v) is 6.09. The van der Waals surface area contributed by atoms with Gasteiger partial charge in [-0.1, -0.05) is 12.2 Å². The number of aromatic nitrogens is 2. The standard InChI is InChI=1S/C21H28N4O2/c1-15(26)24-10-8-19-18(14-24)12-22-21(23-19)17-7-4-9-25(13-17)20(27)11-16-5-2-3-6-16/h2,5,12,16-17H,3-4,6-11,13-14H2,1H3. The first-order valence-electron chi connectivity index (χ1n) is 10.1. The maximum absolute atomic E-state index is 12.7. The topological polar surface area (TPSA) is 66.4 Å². The molecule has 0 saturated carbocycles. The first kappa shape index (κ1) is 18.1. The van der Waals surface area contributed by atoms with Gasteiger partial charge in [-0.25, -0.2) is 9.97 Å². The molecule has 1 aliphatic carbocycles. The van der Waals surface area contributed by atoms with Gasteiger partial charge in [-0.2, -0.15) is 0 Å². The Morgan fingerprint density at radius 2 is 2.11 bits per heavy atom. The van der Waals surface area contributed by atoms with Crippen LogP contribution < -0.4 is 0 Å². The molecular formula is C21H28N4O2. The molecule has 6 heteroatoms. The predicted molar refractivity (Wildman–Crippen MR) is 102 cm³/mol. The molecule has 1 aromatic heterocycles. The smallest absolute Gasteiger partial charge is 0.223 e. The van der Waals surface area contributed by atoms with Crippen LogP contribution >= 0.6 is 0 Å². The highest BCUT2D eigenvalue weighted by atomic mass is 16.2. The molecule has 2 aliphatic heterocycles. The Bertz CT molecular complexity index is 761. The molecule has 1 saturated heterocycles. The van der Waals surface area contributed by atoms with Gasteiger partial charge in [-0.15, -0.1) is 0 Å². The summed E-state index contributed by atoms with van der Waals surface area (Å²) in [7, 11) is 0. The SMILES string of the molecule is CC(=O)N1CCc2nc(C3CCCN(C(=O)CC4C=CCC4)C3)ncc2C1. The Labute approximate surface area is 160 Å². The van der Waals surface area contributed by atoms with E-state index < -0.39 is 0 Å². The van der Waals surface area contributed by atoms with E-state index in [1.54, 1.807) is 6.92 Å². The van der Waals surface area contributed by atoms with E-state index in [9.17, 15) is 9.59 Å². The number of amides is 2. The highest BCUT2D eigenvalue weighted by Crippen LogP contribution is 2.28. The summed E-state index contributed by atoms with van der Waals surface area (Å²) in [5.74, 6) is 1.87. The molecule has 3 aliphatic rings. The third-order valence-electron chi connectivity index (χ3n) is 6.09. The molecule has 6 nitrogen and oxygen atoms in total. The van der Waals surface area contributed by atoms with E-state index in [0.717, 1.165) is 68.8 Å². The Hall–Kier alpha value is -2.24. The highest BCUT2D eigenvalue weighted by molar-refractivity contribution is 5.77. The maximum Gasteiger partial charge on any atom is 0.223 e. The Kier molecular flexibility index (Phi) is 5.23. The Morgan fingerprint density at radius 1 is 1.22 bits per heavy atom. The van der Waals surface area contributed by atoms with Crippen molar-refractivity contribution in [1.29, 1.82) is 0 Å². The van der Waals surface area contributed by atoms with Crippen molar-refractivity contribution in [2.24, 2.45) is 5.92 Å². The third kappa shape index (κ3) is 4.04. The van der Waals surface area contributed by atoms with Crippen molar-refractivity contribution in [3.05, 3.63) is 35.4 Å². The summed E-state index contributed by atoms with van der Waals surface area (Å²) >= 11 is 0. The van der Waals surface area contributed by atoms with Gasteiger partial charge in [0.15, 0.2) is 0 Å². The van der Waals surface area contributed by atoms with Crippen LogP contribution in [-0.2, 0) is 22.6 Å². The number of likely N-dealkylation sites (tertiary alicyclic amines) is 1. The molecule has 2 unspecified atom stereocenters. The number of nitrogens with zero attached hydrogens (tertiary/aromatic N) is 4. The van der Waals surface area contributed by atoms with Crippen LogP contribution in [0.2, 0.25) is 0 Å². The minimum Gasteiger partial charge on any atom is -0.342 e. The van der Waals surface area contributed by atoms with Gasteiger partial charge in [0.2, 0.25) is 11.8 Å². The average molecular weight is 368 g/mol. The second-order valence-corrected chi connectivity index (χ2v) is 8.04. The van der Waals surface area contributed by atoms with Gasteiger partial charge in [0.25, 0.3) is 0 Å². The first-order valence-corrected chi connectivity index (χ1v) is 10.1. The van der Waals surface area contributed by atoms with Crippen LogP contribution in [-0.4, -0.2) is 51.2 Å². The van der Waals surface area contributed by atoms with Crippen LogP contribution in [0.5, 0.6) is 0 Å². The monoisotopic (exact) mass is 368 g/mol. The molecule has 0 aromatic carbocycles. The minimum absolute atomic E-state index is 0.100. The maximum atomic E-state index is 12.7. The van der Waals surface area contributed by atoms with Gasteiger partial charge >= 0.3 is 0 Å². The number of fused-ring (bicyclic) bond motifs is 1. The first-order chi connectivity index (χ1) is 13.1. The molecule has 0 radical (unpaired) electrons. The van der Waals surface area contributed by atoms with Gasteiger partial charge in [-0.3, -0.25) is 9.59 Å². The van der Waals surface area contributed by atoms with Crippen LogP contribution in [0.1, 0.15) is 62.0 Å². The van der Waals surface area contributed by atoms with Crippen LogP contribution in [0.4, 0.5) is 0 Å². The van der Waals surface area contributed by atoms with Crippen LogP contribution in [0.3, 0.4) is 0 Å².